The molecule has 0 saturated carbocycles. The summed E-state index contributed by atoms with van der Waals surface area (Å²) in [7, 11) is 1.64. The average molecular weight is 238 g/mol. The minimum atomic E-state index is 0.784. The van der Waals surface area contributed by atoms with Crippen molar-refractivity contribution in [3.8, 4) is 11.4 Å². The molecule has 0 fully saturated rings. The van der Waals surface area contributed by atoms with Crippen molar-refractivity contribution in [1.29, 1.82) is 0 Å². The summed E-state index contributed by atoms with van der Waals surface area (Å²) in [6.45, 7) is 2.00. The zero-order valence-corrected chi connectivity index (χ0v) is 10.2. The first kappa shape index (κ1) is 10.8. The van der Waals surface area contributed by atoms with Crippen LogP contribution >= 0.6 is 0 Å². The zero-order chi connectivity index (χ0) is 12.5. The number of ether oxygens (including phenoxy) is 1. The summed E-state index contributed by atoms with van der Waals surface area (Å²) in [4.78, 5) is 1.63. The number of hydrogen-bond donors (Lipinski definition) is 0. The van der Waals surface area contributed by atoms with Gasteiger partial charge in [-0.05, 0) is 42.8 Å². The molecule has 0 unspecified atom stereocenters. The van der Waals surface area contributed by atoms with E-state index in [-0.39, 0.29) is 0 Å². The molecule has 0 N–H and O–H groups in total. The van der Waals surface area contributed by atoms with Crippen molar-refractivity contribution in [3.63, 3.8) is 0 Å². The van der Waals surface area contributed by atoms with Crippen molar-refractivity contribution in [1.82, 2.24) is 15.0 Å². The van der Waals surface area contributed by atoms with Gasteiger partial charge in [-0.2, -0.15) is 4.80 Å². The van der Waals surface area contributed by atoms with Crippen molar-refractivity contribution < 1.29 is 4.74 Å². The van der Waals surface area contributed by atoms with E-state index in [4.69, 9.17) is 4.74 Å². The Balaban J connectivity index is 2.13. The Labute approximate surface area is 105 Å². The van der Waals surface area contributed by atoms with Gasteiger partial charge in [0.1, 0.15) is 16.8 Å². The number of aromatic nitrogens is 3. The smallest absolute Gasteiger partial charge is 0.121 e. The lowest BCUT2D eigenvalue weighted by atomic mass is 10.2. The quantitative estimate of drug-likeness (QED) is 0.688. The number of hydrogen-bond acceptors (Lipinski definition) is 3. The van der Waals surface area contributed by atoms with E-state index in [2.05, 4.69) is 16.3 Å². The van der Waals surface area contributed by atoms with Gasteiger partial charge in [0.2, 0.25) is 0 Å². The van der Waals surface area contributed by atoms with E-state index >= 15 is 0 Å². The third-order valence-corrected chi connectivity index (χ3v) is 2.75. The SMILES string of the molecule is COc1ccc2nn(-c3cc[c]c(C)c3)nc2c1. The van der Waals surface area contributed by atoms with Crippen LogP contribution in [0.15, 0.2) is 36.4 Å². The van der Waals surface area contributed by atoms with Crippen LogP contribution in [0.1, 0.15) is 5.56 Å². The van der Waals surface area contributed by atoms with E-state index in [1.54, 1.807) is 11.9 Å². The summed E-state index contributed by atoms with van der Waals surface area (Å²) in [5.41, 5.74) is 3.66. The van der Waals surface area contributed by atoms with Crippen molar-refractivity contribution in [2.75, 3.05) is 7.11 Å². The number of aryl methyl sites for hydroxylation is 1. The van der Waals surface area contributed by atoms with Gasteiger partial charge in [-0.3, -0.25) is 0 Å². The second-order valence-corrected chi connectivity index (χ2v) is 4.07. The molecule has 0 aliphatic carbocycles. The normalized spacial score (nSPS) is 10.8. The molecular weight excluding hydrogens is 226 g/mol. The van der Waals surface area contributed by atoms with E-state index in [0.717, 1.165) is 28.0 Å². The summed E-state index contributed by atoms with van der Waals surface area (Å²) in [6.07, 6.45) is 0. The Morgan fingerprint density at radius 3 is 2.72 bits per heavy atom. The third kappa shape index (κ3) is 1.82. The number of methoxy groups -OCH3 is 1. The molecule has 2 aromatic carbocycles. The first-order chi connectivity index (χ1) is 8.76. The first-order valence-electron chi connectivity index (χ1n) is 5.66. The Hall–Kier alpha value is -2.36. The lowest BCUT2D eigenvalue weighted by Crippen LogP contribution is -1.98. The highest BCUT2D eigenvalue weighted by molar-refractivity contribution is 5.75. The first-order valence-corrected chi connectivity index (χ1v) is 5.66. The van der Waals surface area contributed by atoms with Crippen LogP contribution in [0.3, 0.4) is 0 Å². The zero-order valence-electron chi connectivity index (χ0n) is 10.2. The molecule has 4 heteroatoms. The standard InChI is InChI=1S/C14H12N3O/c1-10-4-3-5-11(8-10)17-15-13-7-6-12(18-2)9-14(13)16-17/h3,5-9H,1-2H3. The summed E-state index contributed by atoms with van der Waals surface area (Å²) >= 11 is 0. The molecule has 89 valence electrons. The van der Waals surface area contributed by atoms with Gasteiger partial charge >= 0.3 is 0 Å². The molecule has 0 amide bonds. The van der Waals surface area contributed by atoms with Crippen molar-refractivity contribution in [3.05, 3.63) is 48.0 Å². The highest BCUT2D eigenvalue weighted by Crippen LogP contribution is 2.18. The van der Waals surface area contributed by atoms with Crippen LogP contribution in [0.25, 0.3) is 16.7 Å². The lowest BCUT2D eigenvalue weighted by molar-refractivity contribution is 0.415. The van der Waals surface area contributed by atoms with Gasteiger partial charge in [0.25, 0.3) is 0 Å². The molecule has 0 bridgehead atoms. The molecule has 0 saturated heterocycles. The maximum absolute atomic E-state index is 5.17. The number of rotatable bonds is 2. The van der Waals surface area contributed by atoms with E-state index in [1.807, 2.05) is 43.3 Å². The Kier molecular flexibility index (Phi) is 2.48. The molecule has 0 atom stereocenters. The Morgan fingerprint density at radius 1 is 1.11 bits per heavy atom. The topological polar surface area (TPSA) is 39.9 Å². The van der Waals surface area contributed by atoms with E-state index in [9.17, 15) is 0 Å². The second kappa shape index (κ2) is 4.14. The highest BCUT2D eigenvalue weighted by atomic mass is 16.5. The molecule has 0 spiro atoms. The van der Waals surface area contributed by atoms with Crippen LogP contribution in [-0.4, -0.2) is 22.1 Å². The second-order valence-electron chi connectivity index (χ2n) is 4.07. The van der Waals surface area contributed by atoms with Gasteiger partial charge in [-0.1, -0.05) is 6.07 Å². The van der Waals surface area contributed by atoms with Crippen LogP contribution in [0.4, 0.5) is 0 Å². The molecule has 0 aliphatic rings. The van der Waals surface area contributed by atoms with E-state index in [0.29, 0.717) is 0 Å². The Bertz CT molecular complexity index is 703. The molecule has 18 heavy (non-hydrogen) atoms. The minimum Gasteiger partial charge on any atom is -0.497 e. The van der Waals surface area contributed by atoms with Crippen LogP contribution in [-0.2, 0) is 0 Å². The van der Waals surface area contributed by atoms with Gasteiger partial charge in [-0.25, -0.2) is 0 Å². The highest BCUT2D eigenvalue weighted by Gasteiger charge is 2.05. The van der Waals surface area contributed by atoms with Gasteiger partial charge in [0.05, 0.1) is 12.8 Å². The van der Waals surface area contributed by atoms with Crippen LogP contribution in [0, 0.1) is 13.0 Å². The van der Waals surface area contributed by atoms with Gasteiger partial charge in [0, 0.05) is 6.07 Å². The maximum atomic E-state index is 5.17. The molecule has 3 aromatic rings. The average Bonchev–Trinajstić information content (AvgIpc) is 2.81. The fraction of sp³-hybridized carbons (Fsp3) is 0.143. The monoisotopic (exact) mass is 238 g/mol. The van der Waals surface area contributed by atoms with Crippen molar-refractivity contribution >= 4 is 11.0 Å². The van der Waals surface area contributed by atoms with Crippen LogP contribution in [0.2, 0.25) is 0 Å². The summed E-state index contributed by atoms with van der Waals surface area (Å²) < 4.78 is 5.17. The lowest BCUT2D eigenvalue weighted by Gasteiger charge is -1.99. The number of nitrogens with zero attached hydrogens (tertiary/aromatic N) is 3. The fourth-order valence-electron chi connectivity index (χ4n) is 1.83. The van der Waals surface area contributed by atoms with Crippen molar-refractivity contribution in [2.45, 2.75) is 6.92 Å². The predicted octanol–water partition coefficient (Wildman–Crippen LogP) is 2.54. The summed E-state index contributed by atoms with van der Waals surface area (Å²) in [6, 6.07) is 14.6. The molecule has 4 nitrogen and oxygen atoms in total. The minimum absolute atomic E-state index is 0.784. The summed E-state index contributed by atoms with van der Waals surface area (Å²) in [5.74, 6) is 0.784. The predicted molar refractivity (Wildman–Crippen MR) is 69.0 cm³/mol. The Morgan fingerprint density at radius 2 is 1.94 bits per heavy atom. The fourth-order valence-corrected chi connectivity index (χ4v) is 1.83. The van der Waals surface area contributed by atoms with E-state index < -0.39 is 0 Å². The van der Waals surface area contributed by atoms with Gasteiger partial charge < -0.3 is 4.74 Å². The molecular formula is C14H12N3O. The molecule has 0 aliphatic heterocycles. The molecule has 3 rings (SSSR count). The molecule has 1 aromatic heterocycles. The largest absolute Gasteiger partial charge is 0.497 e. The van der Waals surface area contributed by atoms with Crippen molar-refractivity contribution in [2.24, 2.45) is 0 Å². The van der Waals surface area contributed by atoms with Gasteiger partial charge in [-0.15, -0.1) is 10.2 Å². The number of fused-ring (bicyclic) bond motifs is 1. The van der Waals surface area contributed by atoms with Gasteiger partial charge in [0.15, 0.2) is 0 Å². The molecule has 1 radical (unpaired) electrons. The third-order valence-electron chi connectivity index (χ3n) is 2.75. The van der Waals surface area contributed by atoms with E-state index in [1.165, 1.54) is 0 Å². The van der Waals surface area contributed by atoms with Crippen LogP contribution < -0.4 is 4.74 Å². The number of benzene rings is 2. The summed E-state index contributed by atoms with van der Waals surface area (Å²) in [5, 5.41) is 8.88. The maximum Gasteiger partial charge on any atom is 0.121 e. The molecule has 1 heterocycles. The van der Waals surface area contributed by atoms with Crippen LogP contribution in [0.5, 0.6) is 5.75 Å².